The largest absolute Gasteiger partial charge is 0.367 e. The predicted molar refractivity (Wildman–Crippen MR) is 76.3 cm³/mol. The molecule has 1 amide bonds. The molecular weight excluding hydrogens is 252 g/mol. The lowest BCUT2D eigenvalue weighted by atomic mass is 10.2. The van der Waals surface area contributed by atoms with Crippen LogP contribution in [0.25, 0.3) is 0 Å². The minimum Gasteiger partial charge on any atom is -0.367 e. The maximum atomic E-state index is 12.2. The zero-order valence-corrected chi connectivity index (χ0v) is 11.0. The number of nitrogens with one attached hydrogen (secondary N) is 2. The number of amides is 1. The number of carbonyl (C=O) groups excluding carboxylic acids is 1. The number of pyridine rings is 2. The van der Waals surface area contributed by atoms with E-state index in [1.54, 1.807) is 30.7 Å². The van der Waals surface area contributed by atoms with E-state index < -0.39 is 0 Å². The lowest BCUT2D eigenvalue weighted by Crippen LogP contribution is -2.24. The number of rotatable bonds is 5. The summed E-state index contributed by atoms with van der Waals surface area (Å²) < 4.78 is 0. The Balaban J connectivity index is 1.67. The number of hydrogen-bond acceptors (Lipinski definition) is 4. The van der Waals surface area contributed by atoms with Crippen molar-refractivity contribution in [1.82, 2.24) is 15.3 Å². The highest BCUT2D eigenvalue weighted by atomic mass is 16.1. The summed E-state index contributed by atoms with van der Waals surface area (Å²) in [6.07, 6.45) is 7.42. The quantitative estimate of drug-likeness (QED) is 0.870. The summed E-state index contributed by atoms with van der Waals surface area (Å²) in [5.74, 6) is 0.556. The van der Waals surface area contributed by atoms with Crippen molar-refractivity contribution in [3.63, 3.8) is 0 Å². The molecule has 0 spiro atoms. The topological polar surface area (TPSA) is 66.9 Å². The van der Waals surface area contributed by atoms with Gasteiger partial charge in [0.15, 0.2) is 0 Å². The molecule has 2 N–H and O–H groups in total. The van der Waals surface area contributed by atoms with Crippen molar-refractivity contribution in [3.8, 4) is 0 Å². The molecule has 0 saturated heterocycles. The molecule has 0 unspecified atom stereocenters. The van der Waals surface area contributed by atoms with Gasteiger partial charge in [0.25, 0.3) is 5.91 Å². The van der Waals surface area contributed by atoms with Crippen molar-refractivity contribution in [2.45, 2.75) is 25.4 Å². The Morgan fingerprint density at radius 3 is 2.75 bits per heavy atom. The smallest absolute Gasteiger partial charge is 0.255 e. The van der Waals surface area contributed by atoms with E-state index in [1.807, 2.05) is 12.1 Å². The Morgan fingerprint density at radius 2 is 2.00 bits per heavy atom. The number of carbonyl (C=O) groups is 1. The molecule has 1 aliphatic rings. The van der Waals surface area contributed by atoms with Gasteiger partial charge in [-0.15, -0.1) is 0 Å². The highest BCUT2D eigenvalue weighted by Gasteiger charge is 2.23. The maximum Gasteiger partial charge on any atom is 0.255 e. The van der Waals surface area contributed by atoms with Crippen LogP contribution in [0.2, 0.25) is 0 Å². The predicted octanol–water partition coefficient (Wildman–Crippen LogP) is 1.98. The van der Waals surface area contributed by atoms with Crippen LogP contribution < -0.4 is 10.6 Å². The molecule has 2 aromatic heterocycles. The van der Waals surface area contributed by atoms with Crippen LogP contribution in [-0.4, -0.2) is 21.9 Å². The molecule has 5 nitrogen and oxygen atoms in total. The highest BCUT2D eigenvalue weighted by Crippen LogP contribution is 2.25. The van der Waals surface area contributed by atoms with Crippen LogP contribution in [0.3, 0.4) is 0 Å². The van der Waals surface area contributed by atoms with Crippen LogP contribution in [-0.2, 0) is 6.54 Å². The average Bonchev–Trinajstić information content (AvgIpc) is 3.30. The van der Waals surface area contributed by atoms with Crippen molar-refractivity contribution < 1.29 is 4.79 Å². The minimum atomic E-state index is -0.113. The van der Waals surface area contributed by atoms with E-state index in [9.17, 15) is 4.79 Å². The lowest BCUT2D eigenvalue weighted by Gasteiger charge is -2.10. The van der Waals surface area contributed by atoms with E-state index in [4.69, 9.17) is 0 Å². The fourth-order valence-electron chi connectivity index (χ4n) is 1.90. The summed E-state index contributed by atoms with van der Waals surface area (Å²) in [5, 5.41) is 6.18. The fourth-order valence-corrected chi connectivity index (χ4v) is 1.90. The molecule has 2 aromatic rings. The molecule has 102 valence electrons. The van der Waals surface area contributed by atoms with Crippen molar-refractivity contribution in [2.24, 2.45) is 0 Å². The second kappa shape index (κ2) is 5.69. The van der Waals surface area contributed by atoms with Gasteiger partial charge in [0, 0.05) is 31.2 Å². The molecule has 1 fully saturated rings. The Bertz CT molecular complexity index is 596. The molecule has 3 rings (SSSR count). The van der Waals surface area contributed by atoms with Gasteiger partial charge >= 0.3 is 0 Å². The number of nitrogens with zero attached hydrogens (tertiary/aromatic N) is 2. The molecule has 1 aliphatic carbocycles. The van der Waals surface area contributed by atoms with Crippen molar-refractivity contribution in [1.29, 1.82) is 0 Å². The zero-order valence-electron chi connectivity index (χ0n) is 11.0. The third-order valence-corrected chi connectivity index (χ3v) is 3.17. The monoisotopic (exact) mass is 268 g/mol. The Kier molecular flexibility index (Phi) is 3.58. The second-order valence-electron chi connectivity index (χ2n) is 4.86. The normalized spacial score (nSPS) is 13.8. The molecule has 0 aliphatic heterocycles. The Morgan fingerprint density at radius 1 is 1.20 bits per heavy atom. The van der Waals surface area contributed by atoms with Gasteiger partial charge in [-0.25, -0.2) is 4.98 Å². The fraction of sp³-hybridized carbons (Fsp3) is 0.267. The second-order valence-corrected chi connectivity index (χ2v) is 4.86. The van der Waals surface area contributed by atoms with Gasteiger partial charge in [-0.1, -0.05) is 0 Å². The summed E-state index contributed by atoms with van der Waals surface area (Å²) in [6, 6.07) is 7.80. The van der Waals surface area contributed by atoms with Gasteiger partial charge in [0.1, 0.15) is 5.82 Å². The van der Waals surface area contributed by atoms with Crippen LogP contribution in [0.1, 0.15) is 28.8 Å². The highest BCUT2D eigenvalue weighted by molar-refractivity contribution is 5.98. The molecule has 0 radical (unpaired) electrons. The third-order valence-electron chi connectivity index (χ3n) is 3.17. The summed E-state index contributed by atoms with van der Waals surface area (Å²) >= 11 is 0. The van der Waals surface area contributed by atoms with Crippen LogP contribution in [0.5, 0.6) is 0 Å². The summed E-state index contributed by atoms with van der Waals surface area (Å²) in [6.45, 7) is 0.485. The Hall–Kier alpha value is -2.43. The summed E-state index contributed by atoms with van der Waals surface area (Å²) in [5.41, 5.74) is 1.61. The first-order chi connectivity index (χ1) is 9.83. The van der Waals surface area contributed by atoms with Gasteiger partial charge < -0.3 is 10.6 Å². The molecule has 20 heavy (non-hydrogen) atoms. The summed E-state index contributed by atoms with van der Waals surface area (Å²) in [7, 11) is 0. The van der Waals surface area contributed by atoms with Gasteiger partial charge in [-0.3, -0.25) is 9.78 Å². The summed E-state index contributed by atoms with van der Waals surface area (Å²) in [4.78, 5) is 20.4. The van der Waals surface area contributed by atoms with Gasteiger partial charge in [-0.05, 0) is 42.7 Å². The van der Waals surface area contributed by atoms with Gasteiger partial charge in [0.05, 0.1) is 5.56 Å². The molecule has 0 bridgehead atoms. The molecule has 0 aromatic carbocycles. The molecule has 0 atom stereocenters. The van der Waals surface area contributed by atoms with Crippen LogP contribution in [0, 0.1) is 0 Å². The van der Waals surface area contributed by atoms with Crippen LogP contribution in [0.4, 0.5) is 5.82 Å². The maximum absolute atomic E-state index is 12.2. The SMILES string of the molecule is O=C(NCc1ccncc1)c1cccnc1NC1CC1. The van der Waals surface area contributed by atoms with Crippen LogP contribution in [0.15, 0.2) is 42.9 Å². The first-order valence-corrected chi connectivity index (χ1v) is 6.71. The first-order valence-electron chi connectivity index (χ1n) is 6.71. The first kappa shape index (κ1) is 12.6. The van der Waals surface area contributed by atoms with E-state index >= 15 is 0 Å². The third kappa shape index (κ3) is 3.12. The molecular formula is C15H16N4O. The standard InChI is InChI=1S/C15H16N4O/c20-15(18-10-11-5-8-16-9-6-11)13-2-1-7-17-14(13)19-12-3-4-12/h1-2,5-9,12H,3-4,10H2,(H,17,19)(H,18,20). The zero-order chi connectivity index (χ0) is 13.8. The van der Waals surface area contributed by atoms with Crippen molar-refractivity contribution in [2.75, 3.05) is 5.32 Å². The molecule has 2 heterocycles. The van der Waals surface area contributed by atoms with E-state index in [0.29, 0.717) is 24.0 Å². The molecule has 5 heteroatoms. The molecule has 1 saturated carbocycles. The van der Waals surface area contributed by atoms with Gasteiger partial charge in [-0.2, -0.15) is 0 Å². The minimum absolute atomic E-state index is 0.113. The number of hydrogen-bond donors (Lipinski definition) is 2. The lowest BCUT2D eigenvalue weighted by molar-refractivity contribution is 0.0951. The van der Waals surface area contributed by atoms with Gasteiger partial charge in [0.2, 0.25) is 0 Å². The van der Waals surface area contributed by atoms with E-state index in [-0.39, 0.29) is 5.91 Å². The van der Waals surface area contributed by atoms with Crippen LogP contribution >= 0.6 is 0 Å². The average molecular weight is 268 g/mol. The van der Waals surface area contributed by atoms with Crippen molar-refractivity contribution in [3.05, 3.63) is 54.0 Å². The van der Waals surface area contributed by atoms with E-state index in [1.165, 1.54) is 0 Å². The number of anilines is 1. The van der Waals surface area contributed by atoms with Crippen molar-refractivity contribution >= 4 is 11.7 Å². The van der Waals surface area contributed by atoms with E-state index in [0.717, 1.165) is 18.4 Å². The Labute approximate surface area is 117 Å². The number of aromatic nitrogens is 2. The van der Waals surface area contributed by atoms with E-state index in [2.05, 4.69) is 20.6 Å².